The summed E-state index contributed by atoms with van der Waals surface area (Å²) in [4.78, 5) is 0. The Hall–Kier alpha value is -1.26. The Morgan fingerprint density at radius 1 is 1.38 bits per heavy atom. The number of rotatable bonds is 3. The quantitative estimate of drug-likeness (QED) is 0.401. The van der Waals surface area contributed by atoms with Gasteiger partial charge in [0, 0.05) is 18.3 Å². The number of phenolic OH excluding ortho intramolecular Hbond substituents is 1. The molecule has 6 N–H and O–H groups in total. The molecule has 0 aromatic heterocycles. The van der Waals surface area contributed by atoms with Gasteiger partial charge in [-0.05, 0) is 30.2 Å². The van der Waals surface area contributed by atoms with Crippen LogP contribution in [0, 0.1) is 0 Å². The fourth-order valence-corrected chi connectivity index (χ4v) is 1.18. The maximum absolute atomic E-state index is 9.18. The molecule has 0 aliphatic heterocycles. The van der Waals surface area contributed by atoms with E-state index in [1.807, 2.05) is 0 Å². The zero-order valence-electron chi connectivity index (χ0n) is 7.27. The van der Waals surface area contributed by atoms with Gasteiger partial charge in [-0.3, -0.25) is 0 Å². The van der Waals surface area contributed by atoms with Gasteiger partial charge in [-0.25, -0.2) is 0 Å². The fourth-order valence-electron chi connectivity index (χ4n) is 1.18. The highest BCUT2D eigenvalue weighted by Gasteiger charge is 2.09. The lowest BCUT2D eigenvalue weighted by molar-refractivity contribution is 0.276. The summed E-state index contributed by atoms with van der Waals surface area (Å²) in [5, 5.41) is 17.9. The predicted octanol–water partition coefficient (Wildman–Crippen LogP) is 0.357. The second kappa shape index (κ2) is 4.11. The van der Waals surface area contributed by atoms with Crippen LogP contribution >= 0.6 is 0 Å². The molecule has 1 atom stereocenters. The minimum absolute atomic E-state index is 0.0102. The standard InChI is InChI=1S/C9H14N2O2/c10-8-2-1-6(13)5-7(8)9(11)3-4-12/h1-2,5,9,12-13H,3-4,10-11H2/t9-/m1/s1. The highest BCUT2D eigenvalue weighted by molar-refractivity contribution is 5.51. The molecule has 0 unspecified atom stereocenters. The molecular weight excluding hydrogens is 168 g/mol. The zero-order valence-corrected chi connectivity index (χ0v) is 7.27. The normalized spacial score (nSPS) is 12.8. The lowest BCUT2D eigenvalue weighted by atomic mass is 10.0. The van der Waals surface area contributed by atoms with E-state index in [2.05, 4.69) is 0 Å². The molecule has 0 fully saturated rings. The second-order valence-corrected chi connectivity index (χ2v) is 2.93. The molecule has 0 saturated heterocycles. The van der Waals surface area contributed by atoms with Crippen molar-refractivity contribution in [1.29, 1.82) is 0 Å². The number of aliphatic hydroxyl groups excluding tert-OH is 1. The Kier molecular flexibility index (Phi) is 3.11. The maximum Gasteiger partial charge on any atom is 0.116 e. The molecule has 13 heavy (non-hydrogen) atoms. The number of benzene rings is 1. The third-order valence-corrected chi connectivity index (χ3v) is 1.91. The van der Waals surface area contributed by atoms with Crippen molar-refractivity contribution in [2.24, 2.45) is 5.73 Å². The van der Waals surface area contributed by atoms with Gasteiger partial charge < -0.3 is 21.7 Å². The molecule has 0 saturated carbocycles. The third kappa shape index (κ3) is 2.34. The molecule has 0 amide bonds. The summed E-state index contributed by atoms with van der Waals surface area (Å²) in [6.45, 7) is 0.0102. The number of aromatic hydroxyl groups is 1. The van der Waals surface area contributed by atoms with E-state index in [0.29, 0.717) is 17.7 Å². The van der Waals surface area contributed by atoms with Crippen LogP contribution < -0.4 is 11.5 Å². The van der Waals surface area contributed by atoms with Gasteiger partial charge in [0.2, 0.25) is 0 Å². The minimum atomic E-state index is -0.322. The smallest absolute Gasteiger partial charge is 0.116 e. The Balaban J connectivity index is 2.91. The van der Waals surface area contributed by atoms with Gasteiger partial charge in [0.25, 0.3) is 0 Å². The molecule has 1 aromatic rings. The van der Waals surface area contributed by atoms with Crippen LogP contribution in [0.3, 0.4) is 0 Å². The van der Waals surface area contributed by atoms with Gasteiger partial charge in [-0.15, -0.1) is 0 Å². The first kappa shape index (κ1) is 9.83. The molecule has 4 nitrogen and oxygen atoms in total. The summed E-state index contributed by atoms with van der Waals surface area (Å²) in [7, 11) is 0. The van der Waals surface area contributed by atoms with E-state index in [4.69, 9.17) is 16.6 Å². The van der Waals surface area contributed by atoms with Crippen molar-refractivity contribution in [1.82, 2.24) is 0 Å². The molecule has 0 radical (unpaired) electrons. The number of phenols is 1. The first-order valence-corrected chi connectivity index (χ1v) is 4.10. The molecule has 1 rings (SSSR count). The summed E-state index contributed by atoms with van der Waals surface area (Å²) in [6.07, 6.45) is 0.438. The molecule has 1 aromatic carbocycles. The Morgan fingerprint density at radius 2 is 2.08 bits per heavy atom. The topological polar surface area (TPSA) is 92.5 Å². The summed E-state index contributed by atoms with van der Waals surface area (Å²) in [6, 6.07) is 4.30. The highest BCUT2D eigenvalue weighted by atomic mass is 16.3. The minimum Gasteiger partial charge on any atom is -0.508 e. The number of nitrogen functional groups attached to an aromatic ring is 1. The van der Waals surface area contributed by atoms with Crippen molar-refractivity contribution in [3.05, 3.63) is 23.8 Å². The van der Waals surface area contributed by atoms with Crippen LogP contribution in [-0.2, 0) is 0 Å². The Morgan fingerprint density at radius 3 is 2.69 bits per heavy atom. The van der Waals surface area contributed by atoms with Gasteiger partial charge in [0.15, 0.2) is 0 Å². The van der Waals surface area contributed by atoms with Crippen LogP contribution in [0.5, 0.6) is 5.75 Å². The van der Waals surface area contributed by atoms with Crippen molar-refractivity contribution >= 4 is 5.69 Å². The van der Waals surface area contributed by atoms with Gasteiger partial charge in [-0.1, -0.05) is 0 Å². The van der Waals surface area contributed by atoms with E-state index in [1.54, 1.807) is 6.07 Å². The summed E-state index contributed by atoms with van der Waals surface area (Å²) >= 11 is 0. The second-order valence-electron chi connectivity index (χ2n) is 2.93. The van der Waals surface area contributed by atoms with E-state index in [9.17, 15) is 5.11 Å². The summed E-state index contributed by atoms with van der Waals surface area (Å²) in [5.74, 6) is 0.137. The monoisotopic (exact) mass is 182 g/mol. The maximum atomic E-state index is 9.18. The Labute approximate surface area is 76.8 Å². The molecular formula is C9H14N2O2. The van der Waals surface area contributed by atoms with Crippen molar-refractivity contribution in [2.75, 3.05) is 12.3 Å². The highest BCUT2D eigenvalue weighted by Crippen LogP contribution is 2.24. The molecule has 0 aliphatic carbocycles. The number of anilines is 1. The van der Waals surface area contributed by atoms with Crippen LogP contribution in [0.25, 0.3) is 0 Å². The number of nitrogens with two attached hydrogens (primary N) is 2. The first-order valence-electron chi connectivity index (χ1n) is 4.10. The van der Waals surface area contributed by atoms with E-state index in [1.165, 1.54) is 12.1 Å². The lowest BCUT2D eigenvalue weighted by Gasteiger charge is -2.13. The van der Waals surface area contributed by atoms with Crippen LogP contribution in [0.4, 0.5) is 5.69 Å². The van der Waals surface area contributed by atoms with Crippen LogP contribution in [0.2, 0.25) is 0 Å². The SMILES string of the molecule is Nc1ccc(O)cc1[C@H](N)CCO. The van der Waals surface area contributed by atoms with E-state index < -0.39 is 0 Å². The molecule has 72 valence electrons. The Bertz CT molecular complexity index is 289. The van der Waals surface area contributed by atoms with Gasteiger partial charge >= 0.3 is 0 Å². The summed E-state index contributed by atoms with van der Waals surface area (Å²) < 4.78 is 0. The predicted molar refractivity (Wildman–Crippen MR) is 51.2 cm³/mol. The van der Waals surface area contributed by atoms with E-state index in [0.717, 1.165) is 0 Å². The summed E-state index contributed by atoms with van der Waals surface area (Å²) in [5.41, 5.74) is 12.6. The number of hydrogen-bond donors (Lipinski definition) is 4. The van der Waals surface area contributed by atoms with E-state index >= 15 is 0 Å². The fraction of sp³-hybridized carbons (Fsp3) is 0.333. The van der Waals surface area contributed by atoms with Crippen LogP contribution in [-0.4, -0.2) is 16.8 Å². The van der Waals surface area contributed by atoms with E-state index in [-0.39, 0.29) is 18.4 Å². The largest absolute Gasteiger partial charge is 0.508 e. The lowest BCUT2D eigenvalue weighted by Crippen LogP contribution is -2.13. The third-order valence-electron chi connectivity index (χ3n) is 1.91. The van der Waals surface area contributed by atoms with Crippen LogP contribution in [0.1, 0.15) is 18.0 Å². The first-order chi connectivity index (χ1) is 6.15. The molecule has 0 bridgehead atoms. The van der Waals surface area contributed by atoms with Crippen molar-refractivity contribution in [2.45, 2.75) is 12.5 Å². The molecule has 0 heterocycles. The molecule has 4 heteroatoms. The van der Waals surface area contributed by atoms with Crippen molar-refractivity contribution in [3.63, 3.8) is 0 Å². The average molecular weight is 182 g/mol. The zero-order chi connectivity index (χ0) is 9.84. The number of hydrogen-bond acceptors (Lipinski definition) is 4. The van der Waals surface area contributed by atoms with Crippen molar-refractivity contribution in [3.8, 4) is 5.75 Å². The van der Waals surface area contributed by atoms with Gasteiger partial charge in [0.05, 0.1) is 0 Å². The van der Waals surface area contributed by atoms with Gasteiger partial charge in [0.1, 0.15) is 5.75 Å². The van der Waals surface area contributed by atoms with Crippen molar-refractivity contribution < 1.29 is 10.2 Å². The molecule has 0 aliphatic rings. The van der Waals surface area contributed by atoms with Gasteiger partial charge in [-0.2, -0.15) is 0 Å². The number of aliphatic hydroxyl groups is 1. The average Bonchev–Trinajstić information content (AvgIpc) is 2.09. The molecule has 0 spiro atoms. The van der Waals surface area contributed by atoms with Crippen LogP contribution in [0.15, 0.2) is 18.2 Å².